The van der Waals surface area contributed by atoms with Crippen molar-refractivity contribution in [2.24, 2.45) is 11.3 Å². The number of rotatable bonds is 18. The molecule has 3 aromatic rings. The van der Waals surface area contributed by atoms with E-state index in [-0.39, 0.29) is 22.9 Å². The second-order valence-electron chi connectivity index (χ2n) is 13.8. The van der Waals surface area contributed by atoms with Gasteiger partial charge in [-0.25, -0.2) is 9.47 Å². The van der Waals surface area contributed by atoms with Gasteiger partial charge in [-0.2, -0.15) is 30.7 Å². The average Bonchev–Trinajstić information content (AvgIpc) is 3.31. The van der Waals surface area contributed by atoms with Crippen molar-refractivity contribution in [2.45, 2.75) is 111 Å². The Morgan fingerprint density at radius 3 is 2.00 bits per heavy atom. The summed E-state index contributed by atoms with van der Waals surface area (Å²) in [6, 6.07) is 10.2. The van der Waals surface area contributed by atoms with E-state index in [9.17, 15) is 44.3 Å². The van der Waals surface area contributed by atoms with Crippen molar-refractivity contribution in [3.05, 3.63) is 53.6 Å². The SMILES string of the molecule is CCCCCc1ccc(-c2cc3ccc(OCCC(F)(F)OC(F)(F)OC(F)(F)CCOC(=O)C(C)(C)C)cc3n2CC(C)C)c(C(F)(F)F)c1. The Labute approximate surface area is 291 Å². The summed E-state index contributed by atoms with van der Waals surface area (Å²) < 4.78 is 146. The minimum atomic E-state index is -5.43. The molecule has 1 heterocycles. The third-order valence-corrected chi connectivity index (χ3v) is 7.59. The zero-order chi connectivity index (χ0) is 38.4. The number of unbranched alkanes of at least 4 members (excludes halogenated alkanes) is 2. The molecule has 15 heteroatoms. The monoisotopic (exact) mass is 741 g/mol. The van der Waals surface area contributed by atoms with Crippen molar-refractivity contribution in [1.82, 2.24) is 4.57 Å². The van der Waals surface area contributed by atoms with Crippen LogP contribution in [0.15, 0.2) is 42.5 Å². The van der Waals surface area contributed by atoms with Crippen LogP contribution in [0.25, 0.3) is 22.2 Å². The molecule has 51 heavy (non-hydrogen) atoms. The maximum absolute atomic E-state index is 14.3. The van der Waals surface area contributed by atoms with E-state index >= 15 is 0 Å². The number of aromatic nitrogens is 1. The van der Waals surface area contributed by atoms with Gasteiger partial charge in [0.2, 0.25) is 0 Å². The highest BCUT2D eigenvalue weighted by Gasteiger charge is 2.52. The van der Waals surface area contributed by atoms with Crippen molar-refractivity contribution in [2.75, 3.05) is 13.2 Å². The lowest BCUT2D eigenvalue weighted by molar-refractivity contribution is -0.514. The number of hydrogen-bond donors (Lipinski definition) is 0. The number of alkyl halides is 9. The van der Waals surface area contributed by atoms with Gasteiger partial charge in [0, 0.05) is 29.3 Å². The zero-order valence-corrected chi connectivity index (χ0v) is 29.4. The van der Waals surface area contributed by atoms with Crippen LogP contribution in [-0.2, 0) is 38.1 Å². The number of benzene rings is 2. The minimum Gasteiger partial charge on any atom is -0.493 e. The fourth-order valence-corrected chi connectivity index (χ4v) is 5.13. The fourth-order valence-electron chi connectivity index (χ4n) is 5.13. The number of fused-ring (bicyclic) bond motifs is 1. The van der Waals surface area contributed by atoms with Gasteiger partial charge in [-0.3, -0.25) is 4.79 Å². The normalized spacial score (nSPS) is 13.3. The van der Waals surface area contributed by atoms with Crippen LogP contribution in [0.4, 0.5) is 39.5 Å². The molecule has 286 valence electrons. The molecular formula is C36H44F9NO5. The van der Waals surface area contributed by atoms with Crippen LogP contribution in [-0.4, -0.2) is 42.3 Å². The van der Waals surface area contributed by atoms with E-state index in [2.05, 4.69) is 14.2 Å². The average molecular weight is 742 g/mol. The van der Waals surface area contributed by atoms with Gasteiger partial charge < -0.3 is 14.0 Å². The van der Waals surface area contributed by atoms with Gasteiger partial charge in [-0.05, 0) is 69.4 Å². The summed E-state index contributed by atoms with van der Waals surface area (Å²) >= 11 is 0. The van der Waals surface area contributed by atoms with Crippen LogP contribution in [0.5, 0.6) is 5.75 Å². The molecule has 6 nitrogen and oxygen atoms in total. The molecule has 2 aromatic carbocycles. The summed E-state index contributed by atoms with van der Waals surface area (Å²) in [5, 5.41) is 0.540. The van der Waals surface area contributed by atoms with Crippen LogP contribution in [0.1, 0.15) is 84.8 Å². The van der Waals surface area contributed by atoms with Crippen molar-refractivity contribution in [3.8, 4) is 17.0 Å². The predicted octanol–water partition coefficient (Wildman–Crippen LogP) is 11.2. The standard InChI is InChI=1S/C36H44F9NO5/c1-7-8-9-10-24-11-14-27(28(19-24)35(41,42)43)30-20-25-12-13-26(21-29(25)46(30)22-23(2)3)48-17-15-33(37,38)50-36(44,45)51-34(39,40)16-18-49-31(47)32(4,5)6/h11-14,19-21,23H,7-10,15-18,22H2,1-6H3. The highest BCUT2D eigenvalue weighted by molar-refractivity contribution is 5.89. The molecule has 0 fully saturated rings. The Bertz CT molecular complexity index is 1610. The molecule has 0 unspecified atom stereocenters. The van der Waals surface area contributed by atoms with Crippen molar-refractivity contribution in [3.63, 3.8) is 0 Å². The lowest BCUT2D eigenvalue weighted by atomic mass is 9.97. The molecule has 0 aliphatic heterocycles. The third kappa shape index (κ3) is 12.6. The van der Waals surface area contributed by atoms with Gasteiger partial charge in [0.25, 0.3) is 0 Å². The second kappa shape index (κ2) is 16.5. The summed E-state index contributed by atoms with van der Waals surface area (Å²) in [5.41, 5.74) is -0.576. The molecule has 0 spiro atoms. The molecule has 1 aromatic heterocycles. The third-order valence-electron chi connectivity index (χ3n) is 7.59. The van der Waals surface area contributed by atoms with Gasteiger partial charge in [0.1, 0.15) is 5.75 Å². The molecule has 0 radical (unpaired) electrons. The zero-order valence-electron chi connectivity index (χ0n) is 29.4. The molecule has 0 amide bonds. The van der Waals surface area contributed by atoms with Gasteiger partial charge in [0.05, 0.1) is 42.6 Å². The van der Waals surface area contributed by atoms with Crippen LogP contribution in [0.2, 0.25) is 0 Å². The number of halogens is 9. The summed E-state index contributed by atoms with van der Waals surface area (Å²) in [5.74, 6) is -0.911. The number of nitrogens with zero attached hydrogens (tertiary/aromatic N) is 1. The summed E-state index contributed by atoms with van der Waals surface area (Å²) in [7, 11) is 0. The highest BCUT2D eigenvalue weighted by Crippen LogP contribution is 2.41. The van der Waals surface area contributed by atoms with E-state index in [1.807, 2.05) is 20.8 Å². The largest absolute Gasteiger partial charge is 0.494 e. The number of ether oxygens (including phenoxy) is 4. The molecule has 0 aliphatic carbocycles. The van der Waals surface area contributed by atoms with E-state index in [0.717, 1.165) is 19.3 Å². The predicted molar refractivity (Wildman–Crippen MR) is 173 cm³/mol. The molecule has 0 saturated heterocycles. The number of esters is 1. The summed E-state index contributed by atoms with van der Waals surface area (Å²) in [6.45, 7) is 8.40. The van der Waals surface area contributed by atoms with Gasteiger partial charge in [0.15, 0.2) is 0 Å². The van der Waals surface area contributed by atoms with Crippen molar-refractivity contribution >= 4 is 16.9 Å². The molecular weight excluding hydrogens is 697 g/mol. The summed E-state index contributed by atoms with van der Waals surface area (Å²) in [4.78, 5) is 11.7. The van der Waals surface area contributed by atoms with E-state index in [4.69, 9.17) is 4.74 Å². The Morgan fingerprint density at radius 1 is 0.804 bits per heavy atom. The number of carbonyl (C=O) groups excluding carboxylic acids is 1. The topological polar surface area (TPSA) is 58.9 Å². The van der Waals surface area contributed by atoms with E-state index in [1.165, 1.54) is 51.1 Å². The molecule has 3 rings (SSSR count). The molecule has 0 saturated carbocycles. The summed E-state index contributed by atoms with van der Waals surface area (Å²) in [6.07, 6.45) is -19.4. The number of hydrogen-bond acceptors (Lipinski definition) is 5. The lowest BCUT2D eigenvalue weighted by Crippen LogP contribution is -2.41. The number of aryl methyl sites for hydroxylation is 1. The first kappa shape index (κ1) is 42.0. The van der Waals surface area contributed by atoms with Gasteiger partial charge in [-0.15, -0.1) is 8.78 Å². The maximum atomic E-state index is 14.3. The Balaban J connectivity index is 1.75. The highest BCUT2D eigenvalue weighted by atomic mass is 19.4. The minimum absolute atomic E-state index is 0.00498. The molecule has 0 atom stereocenters. The van der Waals surface area contributed by atoms with E-state index in [0.29, 0.717) is 29.4 Å². The first-order chi connectivity index (χ1) is 23.4. The maximum Gasteiger partial charge on any atom is 0.494 e. The first-order valence-electron chi connectivity index (χ1n) is 16.6. The second-order valence-corrected chi connectivity index (χ2v) is 13.8. The van der Waals surface area contributed by atoms with Crippen LogP contribution in [0, 0.1) is 11.3 Å². The Morgan fingerprint density at radius 2 is 1.43 bits per heavy atom. The van der Waals surface area contributed by atoms with E-state index < -0.39 is 67.7 Å². The van der Waals surface area contributed by atoms with E-state index in [1.54, 1.807) is 16.7 Å². The Hall–Kier alpha value is -3.46. The van der Waals surface area contributed by atoms with Crippen molar-refractivity contribution in [1.29, 1.82) is 0 Å². The molecule has 0 bridgehead atoms. The van der Waals surface area contributed by atoms with Crippen molar-refractivity contribution < 1.29 is 63.3 Å². The smallest absolute Gasteiger partial charge is 0.493 e. The Kier molecular flexibility index (Phi) is 13.6. The van der Waals surface area contributed by atoms with Crippen LogP contribution in [0.3, 0.4) is 0 Å². The quantitative estimate of drug-likeness (QED) is 0.0562. The number of carbonyl (C=O) groups is 1. The first-order valence-corrected chi connectivity index (χ1v) is 16.6. The van der Waals surface area contributed by atoms with Gasteiger partial charge in [-0.1, -0.05) is 45.7 Å². The fraction of sp³-hybridized carbons (Fsp3) is 0.583. The van der Waals surface area contributed by atoms with Gasteiger partial charge >= 0.3 is 30.7 Å². The van der Waals surface area contributed by atoms with Crippen LogP contribution < -0.4 is 4.74 Å². The lowest BCUT2D eigenvalue weighted by Gasteiger charge is -2.26. The molecule has 0 N–H and O–H groups in total. The van der Waals surface area contributed by atoms with Crippen LogP contribution >= 0.6 is 0 Å². The molecule has 0 aliphatic rings.